The molecular weight excluding hydrogens is 322 g/mol. The van der Waals surface area contributed by atoms with Crippen LogP contribution < -0.4 is 5.32 Å². The Bertz CT molecular complexity index is 658. The first-order chi connectivity index (χ1) is 12.0. The zero-order chi connectivity index (χ0) is 17.9. The lowest BCUT2D eigenvalue weighted by atomic mass is 9.93. The van der Waals surface area contributed by atoms with E-state index in [4.69, 9.17) is 4.74 Å². The predicted molar refractivity (Wildman–Crippen MR) is 90.8 cm³/mol. The number of amides is 4. The molecule has 0 radical (unpaired) electrons. The van der Waals surface area contributed by atoms with Crippen LogP contribution in [0.2, 0.25) is 0 Å². The Morgan fingerprint density at radius 1 is 1.20 bits per heavy atom. The monoisotopic (exact) mass is 345 g/mol. The smallest absolute Gasteiger partial charge is 0.325 e. The van der Waals surface area contributed by atoms with E-state index in [-0.39, 0.29) is 18.4 Å². The lowest BCUT2D eigenvalue weighted by Crippen LogP contribution is -2.48. The quantitative estimate of drug-likeness (QED) is 0.800. The molecule has 2 heterocycles. The summed E-state index contributed by atoms with van der Waals surface area (Å²) in [5, 5.41) is 2.75. The van der Waals surface area contributed by atoms with E-state index in [1.165, 1.54) is 0 Å². The number of carbonyl (C=O) groups excluding carboxylic acids is 3. The minimum atomic E-state index is -0.974. The number of ether oxygens (including phenoxy) is 1. The van der Waals surface area contributed by atoms with Crippen molar-refractivity contribution >= 4 is 17.8 Å². The summed E-state index contributed by atoms with van der Waals surface area (Å²) < 4.78 is 5.22. The molecule has 2 fully saturated rings. The molecule has 2 aliphatic rings. The first-order valence-electron chi connectivity index (χ1n) is 8.53. The topological polar surface area (TPSA) is 79.0 Å². The normalized spacial score (nSPS) is 23.7. The molecule has 1 aromatic rings. The van der Waals surface area contributed by atoms with Crippen molar-refractivity contribution in [2.24, 2.45) is 0 Å². The minimum Gasteiger partial charge on any atom is -0.378 e. The van der Waals surface area contributed by atoms with E-state index in [2.05, 4.69) is 5.32 Å². The maximum absolute atomic E-state index is 12.7. The molecule has 1 atom stereocenters. The van der Waals surface area contributed by atoms with Crippen molar-refractivity contribution in [1.29, 1.82) is 0 Å². The Hall–Kier alpha value is -2.41. The standard InChI is InChI=1S/C18H23N3O4/c1-18(8-7-14-5-3-2-4-6-14)16(23)21(17(24)19-18)13-15(22)20-9-11-25-12-10-20/h2-6H,7-13H2,1H3,(H,19,24)/t18-/m0/s1. The van der Waals surface area contributed by atoms with E-state index in [1.807, 2.05) is 30.3 Å². The summed E-state index contributed by atoms with van der Waals surface area (Å²) in [6.07, 6.45) is 1.17. The summed E-state index contributed by atoms with van der Waals surface area (Å²) in [4.78, 5) is 39.9. The van der Waals surface area contributed by atoms with Gasteiger partial charge in [0.1, 0.15) is 12.1 Å². The molecule has 134 valence electrons. The number of imide groups is 1. The zero-order valence-electron chi connectivity index (χ0n) is 14.4. The number of urea groups is 1. The van der Waals surface area contributed by atoms with Gasteiger partial charge in [-0.1, -0.05) is 30.3 Å². The molecule has 4 amide bonds. The van der Waals surface area contributed by atoms with E-state index < -0.39 is 11.6 Å². The molecule has 7 heteroatoms. The highest BCUT2D eigenvalue weighted by Crippen LogP contribution is 2.23. The molecule has 1 N–H and O–H groups in total. The lowest BCUT2D eigenvalue weighted by molar-refractivity contribution is -0.141. The zero-order valence-corrected chi connectivity index (χ0v) is 14.4. The third kappa shape index (κ3) is 3.82. The third-order valence-corrected chi connectivity index (χ3v) is 4.76. The summed E-state index contributed by atoms with van der Waals surface area (Å²) in [6, 6.07) is 9.31. The van der Waals surface area contributed by atoms with Gasteiger partial charge in [-0.2, -0.15) is 0 Å². The Kier molecular flexibility index (Phi) is 5.03. The molecule has 2 saturated heterocycles. The minimum absolute atomic E-state index is 0.217. The van der Waals surface area contributed by atoms with Gasteiger partial charge < -0.3 is 15.0 Å². The maximum Gasteiger partial charge on any atom is 0.325 e. The summed E-state index contributed by atoms with van der Waals surface area (Å²) in [7, 11) is 0. The number of aryl methyl sites for hydroxylation is 1. The molecule has 0 saturated carbocycles. The summed E-state index contributed by atoms with van der Waals surface area (Å²) in [6.45, 7) is 3.46. The second-order valence-corrected chi connectivity index (χ2v) is 6.63. The fourth-order valence-electron chi connectivity index (χ4n) is 3.15. The molecule has 0 bridgehead atoms. The summed E-state index contributed by atoms with van der Waals surface area (Å²) in [5.41, 5.74) is 0.131. The summed E-state index contributed by atoms with van der Waals surface area (Å²) >= 11 is 0. The van der Waals surface area contributed by atoms with Crippen LogP contribution >= 0.6 is 0 Å². The van der Waals surface area contributed by atoms with Crippen molar-refractivity contribution in [3.63, 3.8) is 0 Å². The first-order valence-corrected chi connectivity index (χ1v) is 8.53. The van der Waals surface area contributed by atoms with Crippen molar-refractivity contribution < 1.29 is 19.1 Å². The molecule has 0 spiro atoms. The van der Waals surface area contributed by atoms with Gasteiger partial charge in [0.2, 0.25) is 5.91 Å². The molecule has 1 aromatic carbocycles. The summed E-state index contributed by atoms with van der Waals surface area (Å²) in [5.74, 6) is -0.561. The van der Waals surface area contributed by atoms with Crippen LogP contribution in [-0.4, -0.2) is 66.0 Å². The molecule has 0 aliphatic carbocycles. The molecule has 2 aliphatic heterocycles. The average molecular weight is 345 g/mol. The number of hydrogen-bond acceptors (Lipinski definition) is 4. The fraction of sp³-hybridized carbons (Fsp3) is 0.500. The Morgan fingerprint density at radius 3 is 2.56 bits per heavy atom. The van der Waals surface area contributed by atoms with Gasteiger partial charge in [0, 0.05) is 13.1 Å². The van der Waals surface area contributed by atoms with Gasteiger partial charge >= 0.3 is 6.03 Å². The SMILES string of the molecule is C[C@@]1(CCc2ccccc2)NC(=O)N(CC(=O)N2CCOCC2)C1=O. The van der Waals surface area contributed by atoms with Crippen LogP contribution in [0.25, 0.3) is 0 Å². The van der Waals surface area contributed by atoms with Crippen LogP contribution in [0.15, 0.2) is 30.3 Å². The second kappa shape index (κ2) is 7.23. The van der Waals surface area contributed by atoms with Crippen LogP contribution in [0.1, 0.15) is 18.9 Å². The number of rotatable bonds is 5. The lowest BCUT2D eigenvalue weighted by Gasteiger charge is -2.28. The number of nitrogens with one attached hydrogen (secondary N) is 1. The highest BCUT2D eigenvalue weighted by molar-refractivity contribution is 6.08. The van der Waals surface area contributed by atoms with Gasteiger partial charge in [-0.25, -0.2) is 4.79 Å². The van der Waals surface area contributed by atoms with E-state index in [9.17, 15) is 14.4 Å². The van der Waals surface area contributed by atoms with Gasteiger partial charge in [-0.05, 0) is 25.3 Å². The third-order valence-electron chi connectivity index (χ3n) is 4.76. The van der Waals surface area contributed by atoms with Gasteiger partial charge in [-0.15, -0.1) is 0 Å². The van der Waals surface area contributed by atoms with Crippen molar-refractivity contribution in [2.45, 2.75) is 25.3 Å². The first kappa shape index (κ1) is 17.4. The Morgan fingerprint density at radius 2 is 1.88 bits per heavy atom. The van der Waals surface area contributed by atoms with Gasteiger partial charge in [-0.3, -0.25) is 14.5 Å². The van der Waals surface area contributed by atoms with Crippen molar-refractivity contribution in [3.8, 4) is 0 Å². The largest absolute Gasteiger partial charge is 0.378 e. The number of nitrogens with zero attached hydrogens (tertiary/aromatic N) is 2. The number of morpholine rings is 1. The second-order valence-electron chi connectivity index (χ2n) is 6.63. The number of carbonyl (C=O) groups is 3. The Labute approximate surface area is 146 Å². The van der Waals surface area contributed by atoms with Crippen LogP contribution in [0.3, 0.4) is 0 Å². The van der Waals surface area contributed by atoms with Crippen molar-refractivity contribution in [1.82, 2.24) is 15.1 Å². The highest BCUT2D eigenvalue weighted by atomic mass is 16.5. The van der Waals surface area contributed by atoms with E-state index >= 15 is 0 Å². The van der Waals surface area contributed by atoms with Crippen molar-refractivity contribution in [2.75, 3.05) is 32.8 Å². The van der Waals surface area contributed by atoms with Crippen LogP contribution in [0, 0.1) is 0 Å². The van der Waals surface area contributed by atoms with E-state index in [0.717, 1.165) is 10.5 Å². The molecular formula is C18H23N3O4. The van der Waals surface area contributed by atoms with Gasteiger partial charge in [0.25, 0.3) is 5.91 Å². The maximum atomic E-state index is 12.7. The van der Waals surface area contributed by atoms with E-state index in [1.54, 1.807) is 11.8 Å². The van der Waals surface area contributed by atoms with Crippen molar-refractivity contribution in [3.05, 3.63) is 35.9 Å². The predicted octanol–water partition coefficient (Wildman–Crippen LogP) is 0.788. The molecule has 0 unspecified atom stereocenters. The number of hydrogen-bond donors (Lipinski definition) is 1. The van der Waals surface area contributed by atoms with Gasteiger partial charge in [0.15, 0.2) is 0 Å². The molecule has 0 aromatic heterocycles. The molecule has 3 rings (SSSR count). The Balaban J connectivity index is 1.61. The van der Waals surface area contributed by atoms with Gasteiger partial charge in [0.05, 0.1) is 13.2 Å². The molecule has 7 nitrogen and oxygen atoms in total. The van der Waals surface area contributed by atoms with Crippen LogP contribution in [0.5, 0.6) is 0 Å². The average Bonchev–Trinajstić information content (AvgIpc) is 2.85. The highest BCUT2D eigenvalue weighted by Gasteiger charge is 2.48. The van der Waals surface area contributed by atoms with Crippen LogP contribution in [-0.2, 0) is 20.7 Å². The van der Waals surface area contributed by atoms with Crippen LogP contribution in [0.4, 0.5) is 4.79 Å². The van der Waals surface area contributed by atoms with E-state index in [0.29, 0.717) is 39.1 Å². The number of benzene rings is 1. The molecule has 25 heavy (non-hydrogen) atoms. The fourth-order valence-corrected chi connectivity index (χ4v) is 3.15.